The van der Waals surface area contributed by atoms with Crippen molar-refractivity contribution in [1.29, 1.82) is 0 Å². The number of aromatic nitrogens is 3. The van der Waals surface area contributed by atoms with Crippen molar-refractivity contribution in [1.82, 2.24) is 20.4 Å². The van der Waals surface area contributed by atoms with E-state index in [0.29, 0.717) is 23.7 Å². The summed E-state index contributed by atoms with van der Waals surface area (Å²) in [7, 11) is 0. The van der Waals surface area contributed by atoms with Gasteiger partial charge in [-0.15, -0.1) is 0 Å². The monoisotopic (exact) mass is 412 g/mol. The van der Waals surface area contributed by atoms with Crippen LogP contribution in [-0.4, -0.2) is 15.1 Å². The molecule has 3 rings (SSSR count). The Morgan fingerprint density at radius 3 is 2.65 bits per heavy atom. The van der Waals surface area contributed by atoms with Crippen LogP contribution in [0.3, 0.4) is 0 Å². The van der Waals surface area contributed by atoms with Gasteiger partial charge >= 0.3 is 0 Å². The summed E-state index contributed by atoms with van der Waals surface area (Å²) in [6.45, 7) is 16.5. The molecule has 0 aromatic carbocycles. The van der Waals surface area contributed by atoms with Crippen molar-refractivity contribution in [2.75, 3.05) is 0 Å². The van der Waals surface area contributed by atoms with Crippen LogP contribution in [-0.2, 0) is 6.54 Å². The minimum Gasteiger partial charge on any atom is -0.380 e. The average molecular weight is 413 g/mol. The third-order valence-corrected chi connectivity index (χ3v) is 4.75. The molecule has 0 radical (unpaired) electrons. The molecule has 5 heteroatoms. The van der Waals surface area contributed by atoms with Gasteiger partial charge in [-0.1, -0.05) is 48.2 Å². The Morgan fingerprint density at radius 2 is 1.94 bits per heavy atom. The fourth-order valence-corrected chi connectivity index (χ4v) is 3.07. The van der Waals surface area contributed by atoms with Gasteiger partial charge in [0.1, 0.15) is 5.69 Å². The van der Waals surface area contributed by atoms with E-state index in [-0.39, 0.29) is 0 Å². The minimum atomic E-state index is 0.598. The molecule has 0 bridgehead atoms. The highest BCUT2D eigenvalue weighted by Gasteiger charge is 2.10. The predicted molar refractivity (Wildman–Crippen MR) is 127 cm³/mol. The van der Waals surface area contributed by atoms with E-state index >= 15 is 0 Å². The highest BCUT2D eigenvalue weighted by Crippen LogP contribution is 2.22. The van der Waals surface area contributed by atoms with Crippen molar-refractivity contribution >= 4 is 11.3 Å². The zero-order chi connectivity index (χ0) is 22.4. The molecule has 3 heterocycles. The van der Waals surface area contributed by atoms with Crippen LogP contribution in [0.1, 0.15) is 42.1 Å². The molecule has 0 amide bonds. The molecule has 0 spiro atoms. The number of pyridine rings is 2. The van der Waals surface area contributed by atoms with E-state index in [4.69, 9.17) is 4.52 Å². The van der Waals surface area contributed by atoms with Gasteiger partial charge in [-0.05, 0) is 56.5 Å². The first-order valence-electron chi connectivity index (χ1n) is 10.1. The van der Waals surface area contributed by atoms with Crippen LogP contribution in [0.15, 0.2) is 78.1 Å². The summed E-state index contributed by atoms with van der Waals surface area (Å²) >= 11 is 0. The van der Waals surface area contributed by atoms with Gasteiger partial charge in [-0.2, -0.15) is 0 Å². The molecule has 158 valence electrons. The summed E-state index contributed by atoms with van der Waals surface area (Å²) in [5.74, 6) is 0.707. The first-order valence-corrected chi connectivity index (χ1v) is 10.1. The van der Waals surface area contributed by atoms with Gasteiger partial charge in [0.05, 0.1) is 11.4 Å². The fraction of sp³-hybridized carbons (Fsp3) is 0.192. The fourth-order valence-electron chi connectivity index (χ4n) is 3.07. The Balaban J connectivity index is 1.64. The molecule has 3 aromatic rings. The molecule has 0 unspecified atom stereocenters. The topological polar surface area (TPSA) is 63.8 Å². The summed E-state index contributed by atoms with van der Waals surface area (Å²) in [5, 5.41) is 7.44. The molecule has 5 nitrogen and oxygen atoms in total. The lowest BCUT2D eigenvalue weighted by molar-refractivity contribution is 0.407. The quantitative estimate of drug-likeness (QED) is 0.457. The Bertz CT molecular complexity index is 1170. The maximum Gasteiger partial charge on any atom is 0.163 e. The molecule has 0 saturated carbocycles. The lowest BCUT2D eigenvalue weighted by Crippen LogP contribution is -2.11. The maximum absolute atomic E-state index is 5.46. The molecular weight excluding hydrogens is 384 g/mol. The van der Waals surface area contributed by atoms with Gasteiger partial charge in [0, 0.05) is 36.3 Å². The zero-order valence-electron chi connectivity index (χ0n) is 18.6. The van der Waals surface area contributed by atoms with E-state index in [1.165, 1.54) is 0 Å². The van der Waals surface area contributed by atoms with Crippen molar-refractivity contribution in [3.63, 3.8) is 0 Å². The number of hydrogen-bond acceptors (Lipinski definition) is 5. The number of hydrogen-bond donors (Lipinski definition) is 1. The normalized spacial score (nSPS) is 11.7. The summed E-state index contributed by atoms with van der Waals surface area (Å²) in [5.41, 5.74) is 8.56. The van der Waals surface area contributed by atoms with Crippen LogP contribution in [0.25, 0.3) is 22.5 Å². The van der Waals surface area contributed by atoms with Crippen molar-refractivity contribution in [3.8, 4) is 11.3 Å². The second kappa shape index (κ2) is 9.85. The predicted octanol–water partition coefficient (Wildman–Crippen LogP) is 6.04. The van der Waals surface area contributed by atoms with Crippen LogP contribution in [0.5, 0.6) is 0 Å². The number of nitrogens with zero attached hydrogens (tertiary/aromatic N) is 3. The van der Waals surface area contributed by atoms with Crippen molar-refractivity contribution < 1.29 is 4.52 Å². The van der Waals surface area contributed by atoms with Gasteiger partial charge in [0.25, 0.3) is 0 Å². The number of allylic oxidation sites excluding steroid dienone is 5. The summed E-state index contributed by atoms with van der Waals surface area (Å²) in [6.07, 6.45) is 9.55. The molecule has 0 aliphatic heterocycles. The van der Waals surface area contributed by atoms with Crippen LogP contribution < -0.4 is 5.32 Å². The molecule has 0 atom stereocenters. The number of aryl methyl sites for hydroxylation is 2. The van der Waals surface area contributed by atoms with Crippen LogP contribution in [0, 0.1) is 13.8 Å². The summed E-state index contributed by atoms with van der Waals surface area (Å²) < 4.78 is 5.46. The van der Waals surface area contributed by atoms with Crippen molar-refractivity contribution in [2.45, 2.75) is 34.2 Å². The van der Waals surface area contributed by atoms with E-state index in [9.17, 15) is 0 Å². The second-order valence-corrected chi connectivity index (χ2v) is 7.66. The lowest BCUT2D eigenvalue weighted by atomic mass is 10.1. The number of rotatable bonds is 8. The van der Waals surface area contributed by atoms with Gasteiger partial charge < -0.3 is 9.84 Å². The summed E-state index contributed by atoms with van der Waals surface area (Å²) in [6, 6.07) is 8.04. The largest absolute Gasteiger partial charge is 0.380 e. The lowest BCUT2D eigenvalue weighted by Gasteiger charge is -2.10. The summed E-state index contributed by atoms with van der Waals surface area (Å²) in [4.78, 5) is 8.91. The standard InChI is InChI=1S/C26H28N4O/c1-17(2)8-7-9-18(3)25-14-24(30-31-25)21(6)28-15-22-12-19(4)26(29-16-22)23-10-11-27-20(5)13-23/h7-14,16,28H,1,6,15H2,2-5H3/b8-7-,18-9+. The third kappa shape index (κ3) is 5.89. The van der Waals surface area contributed by atoms with E-state index in [2.05, 4.69) is 46.6 Å². The van der Waals surface area contributed by atoms with Crippen molar-refractivity contribution in [2.24, 2.45) is 0 Å². The van der Waals surface area contributed by atoms with Crippen LogP contribution in [0.2, 0.25) is 0 Å². The first-order chi connectivity index (χ1) is 14.8. The Morgan fingerprint density at radius 1 is 1.13 bits per heavy atom. The smallest absolute Gasteiger partial charge is 0.163 e. The number of nitrogens with one attached hydrogen (secondary N) is 1. The average Bonchev–Trinajstić information content (AvgIpc) is 3.22. The highest BCUT2D eigenvalue weighted by molar-refractivity contribution is 5.66. The molecule has 0 fully saturated rings. The Kier molecular flexibility index (Phi) is 6.98. The van der Waals surface area contributed by atoms with E-state index < -0.39 is 0 Å². The molecule has 0 aliphatic carbocycles. The third-order valence-electron chi connectivity index (χ3n) is 4.75. The Labute approximate surface area is 183 Å². The molecule has 0 aliphatic rings. The highest BCUT2D eigenvalue weighted by atomic mass is 16.5. The van der Waals surface area contributed by atoms with E-state index in [1.54, 1.807) is 0 Å². The molecule has 3 aromatic heterocycles. The van der Waals surface area contributed by atoms with Gasteiger partial charge in [-0.25, -0.2) is 0 Å². The zero-order valence-corrected chi connectivity index (χ0v) is 18.6. The van der Waals surface area contributed by atoms with Gasteiger partial charge in [0.2, 0.25) is 0 Å². The van der Waals surface area contributed by atoms with Gasteiger partial charge in [0.15, 0.2) is 5.76 Å². The maximum atomic E-state index is 5.46. The van der Waals surface area contributed by atoms with Gasteiger partial charge in [-0.3, -0.25) is 9.97 Å². The first kappa shape index (κ1) is 22.0. The second-order valence-electron chi connectivity index (χ2n) is 7.66. The molecule has 0 saturated heterocycles. The Hall–Kier alpha value is -3.73. The molecule has 1 N–H and O–H groups in total. The van der Waals surface area contributed by atoms with Crippen LogP contribution in [0.4, 0.5) is 0 Å². The van der Waals surface area contributed by atoms with E-state index in [1.807, 2.05) is 69.6 Å². The SMILES string of the molecule is C=C(C)/C=C\C=C(/C)c1cc(C(=C)NCc2cnc(-c3ccnc(C)c3)c(C)c2)no1. The minimum absolute atomic E-state index is 0.598. The van der Waals surface area contributed by atoms with Crippen molar-refractivity contribution in [3.05, 3.63) is 102 Å². The van der Waals surface area contributed by atoms with E-state index in [0.717, 1.165) is 39.2 Å². The van der Waals surface area contributed by atoms with Crippen LogP contribution >= 0.6 is 0 Å². The molecular formula is C26H28N4O. The molecule has 31 heavy (non-hydrogen) atoms.